The van der Waals surface area contributed by atoms with Gasteiger partial charge in [0, 0.05) is 61.5 Å². The highest BCUT2D eigenvalue weighted by molar-refractivity contribution is 6.30. The van der Waals surface area contributed by atoms with E-state index in [0.29, 0.717) is 196 Å². The van der Waals surface area contributed by atoms with Crippen LogP contribution >= 0.6 is 11.6 Å². The van der Waals surface area contributed by atoms with E-state index in [4.69, 9.17) is 85.1 Å². The molecule has 5 N–H and O–H groups in total. The Bertz CT molecular complexity index is 1710. The lowest BCUT2D eigenvalue weighted by atomic mass is 9.82. The molecule has 1 aliphatic carbocycles. The Labute approximate surface area is 446 Å². The summed E-state index contributed by atoms with van der Waals surface area (Å²) in [6, 6.07) is 11.0. The van der Waals surface area contributed by atoms with Crippen LogP contribution < -0.4 is 16.9 Å². The normalized spacial score (nSPS) is 18.6. The molecule has 4 rings (SSSR count). The number of nitrogens with two attached hydrogens (primary N) is 2. The van der Waals surface area contributed by atoms with Gasteiger partial charge in [-0.2, -0.15) is 5.10 Å². The van der Waals surface area contributed by atoms with Gasteiger partial charge in [0.05, 0.1) is 170 Å². The first kappa shape index (κ1) is 63.5. The summed E-state index contributed by atoms with van der Waals surface area (Å²) >= 11 is 6.20. The number of hydrogen-bond acceptors (Lipinski definition) is 18. The molecule has 1 amide bonds. The van der Waals surface area contributed by atoms with Crippen molar-refractivity contribution in [3.63, 3.8) is 0 Å². The molecule has 1 saturated carbocycles. The summed E-state index contributed by atoms with van der Waals surface area (Å²) in [6.45, 7) is 17.0. The molecule has 0 radical (unpaired) electrons. The Morgan fingerprint density at radius 3 is 1.64 bits per heavy atom. The van der Waals surface area contributed by atoms with Gasteiger partial charge in [-0.05, 0) is 69.2 Å². The Balaban J connectivity index is 0.873. The maximum Gasteiger partial charge on any atom is 0.220 e. The third-order valence-electron chi connectivity index (χ3n) is 12.7. The number of halogens is 1. The van der Waals surface area contributed by atoms with Gasteiger partial charge in [-0.1, -0.05) is 37.1 Å². The number of hydrogen-bond donors (Lipinski definition) is 3. The van der Waals surface area contributed by atoms with Gasteiger partial charge < -0.3 is 72.9 Å². The zero-order chi connectivity index (χ0) is 52.7. The molecule has 1 aliphatic heterocycles. The van der Waals surface area contributed by atoms with Crippen molar-refractivity contribution < 1.29 is 61.6 Å². The summed E-state index contributed by atoms with van der Waals surface area (Å²) in [5.74, 6) is 6.90. The number of nitrogens with one attached hydrogen (secondary N) is 1. The minimum atomic E-state index is -0.257. The Morgan fingerprint density at radius 1 is 0.730 bits per heavy atom. The Morgan fingerprint density at radius 2 is 1.19 bits per heavy atom. The van der Waals surface area contributed by atoms with Gasteiger partial charge >= 0.3 is 0 Å². The average Bonchev–Trinajstić information content (AvgIpc) is 3.75. The first-order valence-corrected chi connectivity index (χ1v) is 27.3. The van der Waals surface area contributed by atoms with E-state index < -0.39 is 0 Å². The van der Waals surface area contributed by atoms with Crippen molar-refractivity contribution in [2.75, 3.05) is 172 Å². The molecular weight excluding hydrogens is 978 g/mol. The standard InChI is InChI=1S/C53H92ClN7O13/c1-4-5-6-53(62)57-15-17-63-19-21-65-23-25-67-27-29-69-31-33-71-35-37-73-38-36-72-34-32-70-30-28-68-26-24-66-22-20-64-18-16-60(56)41-50(55)52-42-61(49(43-74-52)40-45-7-11-47(54)12-8-45)48-13-9-46(10-14-48)51-39-44(2)59(3)58-51/h7-8,11-12,39,41,46,48-49,52H,4-6,9-10,13-38,40,42-43,55-56H2,1-3H3,(H,57,62)/b50-41-. The largest absolute Gasteiger partial charge is 0.399 e. The van der Waals surface area contributed by atoms with E-state index in [1.165, 1.54) is 17.0 Å². The number of ether oxygens (including phenoxy) is 12. The van der Waals surface area contributed by atoms with Crippen LogP contribution in [0.15, 0.2) is 42.2 Å². The summed E-state index contributed by atoms with van der Waals surface area (Å²) in [4.78, 5) is 14.1. The van der Waals surface area contributed by atoms with Crippen LogP contribution in [0.2, 0.25) is 5.02 Å². The molecule has 0 spiro atoms. The van der Waals surface area contributed by atoms with Gasteiger partial charge in [-0.25, -0.2) is 5.84 Å². The number of hydrazine groups is 1. The van der Waals surface area contributed by atoms with Gasteiger partial charge in [0.2, 0.25) is 5.91 Å². The van der Waals surface area contributed by atoms with Crippen molar-refractivity contribution in [1.82, 2.24) is 25.0 Å². The van der Waals surface area contributed by atoms with Crippen molar-refractivity contribution in [1.29, 1.82) is 0 Å². The zero-order valence-electron chi connectivity index (χ0n) is 44.9. The maximum absolute atomic E-state index is 11.5. The van der Waals surface area contributed by atoms with Crippen LogP contribution in [-0.4, -0.2) is 215 Å². The van der Waals surface area contributed by atoms with Crippen molar-refractivity contribution in [2.45, 2.75) is 89.3 Å². The average molecular weight is 1070 g/mol. The summed E-state index contributed by atoms with van der Waals surface area (Å²) in [6.07, 6.45) is 9.33. The highest BCUT2D eigenvalue weighted by atomic mass is 35.5. The minimum absolute atomic E-state index is 0.0751. The van der Waals surface area contributed by atoms with Gasteiger partial charge in [0.15, 0.2) is 0 Å². The molecule has 2 atom stereocenters. The number of amides is 1. The molecule has 20 nitrogen and oxygen atoms in total. The summed E-state index contributed by atoms with van der Waals surface area (Å²) in [7, 11) is 2.02. The smallest absolute Gasteiger partial charge is 0.220 e. The first-order valence-electron chi connectivity index (χ1n) is 27.0. The summed E-state index contributed by atoms with van der Waals surface area (Å²) < 4.78 is 69.5. The molecule has 2 aromatic rings. The fourth-order valence-electron chi connectivity index (χ4n) is 8.42. The minimum Gasteiger partial charge on any atom is -0.399 e. The lowest BCUT2D eigenvalue weighted by Crippen LogP contribution is -2.56. The van der Waals surface area contributed by atoms with Crippen LogP contribution in [0.4, 0.5) is 0 Å². The molecule has 2 fully saturated rings. The third kappa shape index (κ3) is 28.9. The molecule has 74 heavy (non-hydrogen) atoms. The fraction of sp³-hybridized carbons (Fsp3) is 0.774. The van der Waals surface area contributed by atoms with E-state index >= 15 is 0 Å². The predicted molar refractivity (Wildman–Crippen MR) is 283 cm³/mol. The molecule has 1 aromatic carbocycles. The molecule has 21 heteroatoms. The number of rotatable bonds is 45. The van der Waals surface area contributed by atoms with E-state index in [1.807, 2.05) is 23.9 Å². The topological polar surface area (TPSA) is 216 Å². The zero-order valence-corrected chi connectivity index (χ0v) is 45.7. The number of aromatic nitrogens is 2. The van der Waals surface area contributed by atoms with E-state index in [1.54, 1.807) is 11.2 Å². The number of morpholine rings is 1. The van der Waals surface area contributed by atoms with Crippen LogP contribution in [-0.2, 0) is 75.1 Å². The quantitative estimate of drug-likeness (QED) is 0.0482. The summed E-state index contributed by atoms with van der Waals surface area (Å²) in [5.41, 5.74) is 10.9. The SMILES string of the molecule is CCCCC(=O)NCCOCCOCCOCCOCCOCCOCCOCCOCCOCCOCCOCCN(N)/C=C(\N)C1CN(C2CCC(c3cc(C)n(C)n3)CC2)C(Cc2ccc(Cl)cc2)CO1. The molecule has 2 unspecified atom stereocenters. The molecule has 2 aliphatic rings. The predicted octanol–water partition coefficient (Wildman–Crippen LogP) is 4.19. The van der Waals surface area contributed by atoms with Gasteiger partial charge in [0.1, 0.15) is 6.10 Å². The number of unbranched alkanes of at least 4 members (excludes halogenated alkanes) is 1. The second-order valence-electron chi connectivity index (χ2n) is 18.4. The second-order valence-corrected chi connectivity index (χ2v) is 18.8. The van der Waals surface area contributed by atoms with E-state index in [0.717, 1.165) is 50.0 Å². The molecule has 1 saturated heterocycles. The maximum atomic E-state index is 11.5. The lowest BCUT2D eigenvalue weighted by Gasteiger charge is -2.46. The second kappa shape index (κ2) is 41.1. The van der Waals surface area contributed by atoms with Gasteiger partial charge in [0.25, 0.3) is 0 Å². The molecule has 2 heterocycles. The molecule has 1 aromatic heterocycles. The number of benzene rings is 1. The van der Waals surface area contributed by atoms with Gasteiger partial charge in [-0.15, -0.1) is 0 Å². The summed E-state index contributed by atoms with van der Waals surface area (Å²) in [5, 5.41) is 9.94. The monoisotopic (exact) mass is 1070 g/mol. The van der Waals surface area contributed by atoms with Crippen LogP contribution in [0.3, 0.4) is 0 Å². The van der Waals surface area contributed by atoms with Crippen molar-refractivity contribution in [3.05, 3.63) is 64.2 Å². The molecule has 424 valence electrons. The number of nitrogens with zero attached hydrogens (tertiary/aromatic N) is 4. The number of carbonyl (C=O) groups excluding carboxylic acids is 1. The van der Waals surface area contributed by atoms with E-state index in [2.05, 4.69) is 42.3 Å². The molecular formula is C53H92ClN7O13. The van der Waals surface area contributed by atoms with Crippen LogP contribution in [0, 0.1) is 6.92 Å². The highest BCUT2D eigenvalue weighted by Gasteiger charge is 2.37. The van der Waals surface area contributed by atoms with Gasteiger partial charge in [-0.3, -0.25) is 14.4 Å². The van der Waals surface area contributed by atoms with E-state index in [-0.39, 0.29) is 18.1 Å². The number of carbonyl (C=O) groups is 1. The van der Waals surface area contributed by atoms with E-state index in [9.17, 15) is 4.79 Å². The van der Waals surface area contributed by atoms with Crippen LogP contribution in [0.25, 0.3) is 0 Å². The highest BCUT2D eigenvalue weighted by Crippen LogP contribution is 2.36. The third-order valence-corrected chi connectivity index (χ3v) is 12.9. The van der Waals surface area contributed by atoms with Crippen molar-refractivity contribution in [2.24, 2.45) is 18.6 Å². The number of aryl methyl sites for hydroxylation is 2. The van der Waals surface area contributed by atoms with Crippen LogP contribution in [0.1, 0.15) is 74.7 Å². The first-order chi connectivity index (χ1) is 36.2. The Hall–Kier alpha value is -3.03. The Kier molecular flexibility index (Phi) is 35.3. The van der Waals surface area contributed by atoms with Crippen LogP contribution in [0.5, 0.6) is 0 Å². The van der Waals surface area contributed by atoms with Crippen molar-refractivity contribution >= 4 is 17.5 Å². The lowest BCUT2D eigenvalue weighted by molar-refractivity contribution is -0.121. The fourth-order valence-corrected chi connectivity index (χ4v) is 8.55. The molecule has 0 bridgehead atoms. The van der Waals surface area contributed by atoms with Crippen molar-refractivity contribution in [3.8, 4) is 0 Å².